The number of hydrogen-bond donors (Lipinski definition) is 1. The topological polar surface area (TPSA) is 87.4 Å². The number of ether oxygens (including phenoxy) is 1. The Hall–Kier alpha value is -1.67. The molecule has 5 heteroatoms. The second-order valence-electron chi connectivity index (χ2n) is 6.33. The number of carbonyl (C=O) groups is 2. The Balaban J connectivity index is 2.84. The zero-order valence-electron chi connectivity index (χ0n) is 14.1. The summed E-state index contributed by atoms with van der Waals surface area (Å²) in [7, 11) is 0. The molecular formula is C18H27NO4. The quantitative estimate of drug-likeness (QED) is 0.400. The average molecular weight is 321 g/mol. The first kappa shape index (κ1) is 19.4. The molecule has 0 saturated heterocycles. The van der Waals surface area contributed by atoms with Crippen molar-refractivity contribution in [1.29, 1.82) is 5.26 Å². The van der Waals surface area contributed by atoms with Crippen molar-refractivity contribution in [2.45, 2.75) is 77.4 Å². The molecule has 128 valence electrons. The average Bonchev–Trinajstić information content (AvgIpc) is 2.77. The van der Waals surface area contributed by atoms with Gasteiger partial charge in [0.05, 0.1) is 12.2 Å². The summed E-state index contributed by atoms with van der Waals surface area (Å²) in [5, 5.41) is 19.1. The first-order valence-electron chi connectivity index (χ1n) is 8.37. The van der Waals surface area contributed by atoms with E-state index in [4.69, 9.17) is 10.00 Å². The molecule has 5 nitrogen and oxygen atoms in total. The van der Waals surface area contributed by atoms with Gasteiger partial charge in [-0.3, -0.25) is 9.59 Å². The molecule has 0 aromatic rings. The van der Waals surface area contributed by atoms with Crippen LogP contribution in [0.15, 0.2) is 12.2 Å². The summed E-state index contributed by atoms with van der Waals surface area (Å²) in [6.07, 6.45) is 7.38. The van der Waals surface area contributed by atoms with Gasteiger partial charge in [-0.2, -0.15) is 5.26 Å². The van der Waals surface area contributed by atoms with Crippen molar-refractivity contribution in [3.63, 3.8) is 0 Å². The SMILES string of the molecule is CCCCC[C@@H](C=C[C@@]1(CCC#N)CC(=O)C[C@H]1O)OC(C)=O. The lowest BCUT2D eigenvalue weighted by molar-refractivity contribution is -0.144. The van der Waals surface area contributed by atoms with Crippen LogP contribution in [0.2, 0.25) is 0 Å². The highest BCUT2D eigenvalue weighted by Gasteiger charge is 2.44. The number of hydrogen-bond acceptors (Lipinski definition) is 5. The maximum Gasteiger partial charge on any atom is 0.303 e. The van der Waals surface area contributed by atoms with E-state index in [-0.39, 0.29) is 37.1 Å². The van der Waals surface area contributed by atoms with E-state index < -0.39 is 11.5 Å². The number of aliphatic hydroxyl groups excluding tert-OH is 1. The van der Waals surface area contributed by atoms with Crippen LogP contribution in [-0.2, 0) is 14.3 Å². The van der Waals surface area contributed by atoms with E-state index in [0.29, 0.717) is 6.42 Å². The van der Waals surface area contributed by atoms with Crippen molar-refractivity contribution in [3.8, 4) is 6.07 Å². The third-order valence-electron chi connectivity index (χ3n) is 4.37. The number of Topliss-reactive ketones (excluding diaryl/α,β-unsaturated/α-hetero) is 1. The van der Waals surface area contributed by atoms with Crippen molar-refractivity contribution >= 4 is 11.8 Å². The van der Waals surface area contributed by atoms with Crippen LogP contribution in [0.25, 0.3) is 0 Å². The van der Waals surface area contributed by atoms with Gasteiger partial charge in [0.2, 0.25) is 0 Å². The molecule has 0 spiro atoms. The van der Waals surface area contributed by atoms with E-state index in [1.807, 2.05) is 0 Å². The van der Waals surface area contributed by atoms with E-state index in [2.05, 4.69) is 13.0 Å². The molecule has 0 bridgehead atoms. The van der Waals surface area contributed by atoms with E-state index >= 15 is 0 Å². The van der Waals surface area contributed by atoms with Crippen molar-refractivity contribution in [1.82, 2.24) is 0 Å². The number of carbonyl (C=O) groups excluding carboxylic acids is 2. The highest BCUT2D eigenvalue weighted by atomic mass is 16.5. The maximum atomic E-state index is 11.7. The summed E-state index contributed by atoms with van der Waals surface area (Å²) < 4.78 is 5.31. The van der Waals surface area contributed by atoms with Crippen molar-refractivity contribution in [3.05, 3.63) is 12.2 Å². The molecule has 23 heavy (non-hydrogen) atoms. The number of nitriles is 1. The molecule has 0 aromatic heterocycles. The molecule has 3 atom stereocenters. The first-order chi connectivity index (χ1) is 10.9. The minimum atomic E-state index is -0.770. The summed E-state index contributed by atoms with van der Waals surface area (Å²) in [6, 6.07) is 2.07. The minimum absolute atomic E-state index is 0.00936. The van der Waals surface area contributed by atoms with Crippen LogP contribution >= 0.6 is 0 Å². The zero-order chi connectivity index (χ0) is 17.3. The number of nitrogens with zero attached hydrogens (tertiary/aromatic N) is 1. The smallest absolute Gasteiger partial charge is 0.303 e. The molecule has 0 radical (unpaired) electrons. The Bertz CT molecular complexity index is 480. The minimum Gasteiger partial charge on any atom is -0.458 e. The second-order valence-corrected chi connectivity index (χ2v) is 6.33. The van der Waals surface area contributed by atoms with Gasteiger partial charge in [-0.1, -0.05) is 25.8 Å². The lowest BCUT2D eigenvalue weighted by Crippen LogP contribution is -2.28. The number of aliphatic hydroxyl groups is 1. The van der Waals surface area contributed by atoms with Crippen LogP contribution in [-0.4, -0.2) is 29.1 Å². The summed E-state index contributed by atoms with van der Waals surface area (Å²) >= 11 is 0. The molecule has 1 fully saturated rings. The van der Waals surface area contributed by atoms with Gasteiger partial charge >= 0.3 is 5.97 Å². The summed E-state index contributed by atoms with van der Waals surface area (Å²) in [4.78, 5) is 23.0. The third-order valence-corrected chi connectivity index (χ3v) is 4.37. The van der Waals surface area contributed by atoms with Gasteiger partial charge in [-0.15, -0.1) is 0 Å². The Labute approximate surface area is 138 Å². The summed E-state index contributed by atoms with van der Waals surface area (Å²) in [6.45, 7) is 3.48. The third kappa shape index (κ3) is 6.15. The monoisotopic (exact) mass is 321 g/mol. The van der Waals surface area contributed by atoms with Gasteiger partial charge in [0, 0.05) is 31.6 Å². The molecule has 0 aliphatic heterocycles. The molecule has 1 aliphatic rings. The van der Waals surface area contributed by atoms with Crippen LogP contribution in [0.4, 0.5) is 0 Å². The fraction of sp³-hybridized carbons (Fsp3) is 0.722. The van der Waals surface area contributed by atoms with Gasteiger partial charge < -0.3 is 9.84 Å². The highest BCUT2D eigenvalue weighted by molar-refractivity contribution is 5.83. The standard InChI is InChI=1S/C18H27NO4/c1-3-4-5-7-16(23-14(2)20)8-10-18(9-6-11-19)13-15(21)12-17(18)22/h8,10,16-17,22H,3-7,9,12-13H2,1-2H3/t16-,17+,18-/m0/s1. The largest absolute Gasteiger partial charge is 0.458 e. The normalized spacial score (nSPS) is 25.5. The number of rotatable bonds is 9. The molecule has 0 amide bonds. The van der Waals surface area contributed by atoms with Crippen LogP contribution in [0.3, 0.4) is 0 Å². The Morgan fingerprint density at radius 3 is 2.83 bits per heavy atom. The molecule has 1 rings (SSSR count). The van der Waals surface area contributed by atoms with E-state index in [9.17, 15) is 14.7 Å². The fourth-order valence-corrected chi connectivity index (χ4v) is 3.08. The highest BCUT2D eigenvalue weighted by Crippen LogP contribution is 2.42. The number of ketones is 1. The van der Waals surface area contributed by atoms with Gasteiger partial charge in [-0.05, 0) is 25.3 Å². The Morgan fingerprint density at radius 2 is 2.30 bits per heavy atom. The maximum absolute atomic E-state index is 11.7. The first-order valence-corrected chi connectivity index (χ1v) is 8.37. The molecule has 1 saturated carbocycles. The summed E-state index contributed by atoms with van der Waals surface area (Å²) in [5.41, 5.74) is -0.698. The Kier molecular flexibility index (Phi) is 7.97. The lowest BCUT2D eigenvalue weighted by atomic mass is 9.79. The zero-order valence-corrected chi connectivity index (χ0v) is 14.1. The number of unbranched alkanes of at least 4 members (excludes halogenated alkanes) is 2. The second kappa shape index (κ2) is 9.46. The molecule has 0 aromatic carbocycles. The molecule has 0 unspecified atom stereocenters. The van der Waals surface area contributed by atoms with Gasteiger partial charge in [0.15, 0.2) is 0 Å². The van der Waals surface area contributed by atoms with Crippen molar-refractivity contribution < 1.29 is 19.4 Å². The van der Waals surface area contributed by atoms with Crippen LogP contribution < -0.4 is 0 Å². The Morgan fingerprint density at radius 1 is 1.57 bits per heavy atom. The number of esters is 1. The molecule has 1 N–H and O–H groups in total. The summed E-state index contributed by atoms with van der Waals surface area (Å²) in [5.74, 6) is -0.333. The van der Waals surface area contributed by atoms with Crippen LogP contribution in [0, 0.1) is 16.7 Å². The lowest BCUT2D eigenvalue weighted by Gasteiger charge is -2.28. The predicted molar refractivity (Wildman–Crippen MR) is 86.4 cm³/mol. The molecular weight excluding hydrogens is 294 g/mol. The molecule has 0 heterocycles. The van der Waals surface area contributed by atoms with E-state index in [1.54, 1.807) is 12.2 Å². The van der Waals surface area contributed by atoms with E-state index in [0.717, 1.165) is 25.7 Å². The van der Waals surface area contributed by atoms with Gasteiger partial charge in [0.25, 0.3) is 0 Å². The van der Waals surface area contributed by atoms with Gasteiger partial charge in [0.1, 0.15) is 11.9 Å². The van der Waals surface area contributed by atoms with Crippen LogP contribution in [0.5, 0.6) is 0 Å². The van der Waals surface area contributed by atoms with E-state index in [1.165, 1.54) is 6.92 Å². The van der Waals surface area contributed by atoms with Gasteiger partial charge in [-0.25, -0.2) is 0 Å². The van der Waals surface area contributed by atoms with Crippen molar-refractivity contribution in [2.24, 2.45) is 5.41 Å². The molecule has 1 aliphatic carbocycles. The predicted octanol–water partition coefficient (Wildman–Crippen LogP) is 3.07. The van der Waals surface area contributed by atoms with Crippen LogP contribution in [0.1, 0.15) is 65.2 Å². The fourth-order valence-electron chi connectivity index (χ4n) is 3.08. The van der Waals surface area contributed by atoms with Crippen molar-refractivity contribution in [2.75, 3.05) is 0 Å².